The number of carbonyl (C=O) groups is 1. The van der Waals surface area contributed by atoms with Gasteiger partial charge in [-0.2, -0.15) is 0 Å². The molecule has 1 heterocycles. The maximum absolute atomic E-state index is 12.2. The number of hydrogen-bond acceptors (Lipinski definition) is 4. The van der Waals surface area contributed by atoms with Gasteiger partial charge in [0, 0.05) is 6.08 Å². The van der Waals surface area contributed by atoms with E-state index in [1.807, 2.05) is 30.3 Å². The fourth-order valence-corrected chi connectivity index (χ4v) is 3.42. The molecule has 134 valence electrons. The standard InChI is InChI=1S/C21H22N2O2S/c1-4-13-25-17-9-6-16(7-10-17)8-12-19(24)22-21-23-20-15(3)14(2)5-11-18(20)26-21/h5-12H,4,13H2,1-3H3,(H,22,23,24)/b12-8+. The third kappa shape index (κ3) is 4.29. The number of nitrogens with one attached hydrogen (secondary N) is 1. The van der Waals surface area contributed by atoms with Gasteiger partial charge < -0.3 is 4.74 Å². The highest BCUT2D eigenvalue weighted by molar-refractivity contribution is 7.22. The lowest BCUT2D eigenvalue weighted by Crippen LogP contribution is -2.07. The van der Waals surface area contributed by atoms with Crippen LogP contribution in [0.25, 0.3) is 16.3 Å². The molecule has 1 aromatic heterocycles. The van der Waals surface area contributed by atoms with Crippen molar-refractivity contribution < 1.29 is 9.53 Å². The molecular weight excluding hydrogens is 344 g/mol. The number of benzene rings is 2. The first kappa shape index (κ1) is 18.1. The fraction of sp³-hybridized carbons (Fsp3) is 0.238. The molecule has 0 unspecified atom stereocenters. The molecule has 0 fully saturated rings. The predicted octanol–water partition coefficient (Wildman–Crippen LogP) is 5.35. The number of anilines is 1. The molecule has 1 N–H and O–H groups in total. The van der Waals surface area contributed by atoms with Crippen LogP contribution in [0.5, 0.6) is 5.75 Å². The lowest BCUT2D eigenvalue weighted by molar-refractivity contribution is -0.111. The molecule has 0 radical (unpaired) electrons. The van der Waals surface area contributed by atoms with Gasteiger partial charge >= 0.3 is 0 Å². The van der Waals surface area contributed by atoms with Crippen molar-refractivity contribution in [1.29, 1.82) is 0 Å². The van der Waals surface area contributed by atoms with Crippen molar-refractivity contribution in [3.8, 4) is 5.75 Å². The minimum absolute atomic E-state index is 0.190. The number of thiazole rings is 1. The molecule has 0 bridgehead atoms. The minimum Gasteiger partial charge on any atom is -0.494 e. The third-order valence-electron chi connectivity index (χ3n) is 4.10. The Kier molecular flexibility index (Phi) is 5.68. The molecule has 0 saturated heterocycles. The second kappa shape index (κ2) is 8.15. The Morgan fingerprint density at radius 3 is 2.69 bits per heavy atom. The molecule has 0 aliphatic carbocycles. The molecule has 0 atom stereocenters. The molecular formula is C21H22N2O2S. The Morgan fingerprint density at radius 1 is 1.19 bits per heavy atom. The maximum atomic E-state index is 12.2. The van der Waals surface area contributed by atoms with Gasteiger partial charge in [0.05, 0.1) is 16.8 Å². The number of hydrogen-bond donors (Lipinski definition) is 1. The highest BCUT2D eigenvalue weighted by Crippen LogP contribution is 2.29. The van der Waals surface area contributed by atoms with Crippen molar-refractivity contribution in [3.05, 3.63) is 59.2 Å². The van der Waals surface area contributed by atoms with Crippen LogP contribution < -0.4 is 10.1 Å². The molecule has 26 heavy (non-hydrogen) atoms. The van der Waals surface area contributed by atoms with Crippen molar-refractivity contribution >= 4 is 38.7 Å². The third-order valence-corrected chi connectivity index (χ3v) is 5.03. The highest BCUT2D eigenvalue weighted by atomic mass is 32.1. The number of rotatable bonds is 6. The topological polar surface area (TPSA) is 51.2 Å². The average Bonchev–Trinajstić information content (AvgIpc) is 3.05. The summed E-state index contributed by atoms with van der Waals surface area (Å²) in [4.78, 5) is 16.7. The molecule has 1 amide bonds. The van der Waals surface area contributed by atoms with Crippen LogP contribution in [0.15, 0.2) is 42.5 Å². The molecule has 3 aromatic rings. The van der Waals surface area contributed by atoms with Gasteiger partial charge in [-0.1, -0.05) is 36.5 Å². The quantitative estimate of drug-likeness (QED) is 0.598. The molecule has 0 aliphatic rings. The smallest absolute Gasteiger partial charge is 0.250 e. The van der Waals surface area contributed by atoms with Gasteiger partial charge in [-0.05, 0) is 61.2 Å². The Morgan fingerprint density at radius 2 is 1.96 bits per heavy atom. The van der Waals surface area contributed by atoms with Crippen molar-refractivity contribution in [2.24, 2.45) is 0 Å². The molecule has 0 saturated carbocycles. The van der Waals surface area contributed by atoms with Crippen LogP contribution in [0.1, 0.15) is 30.0 Å². The van der Waals surface area contributed by atoms with Crippen molar-refractivity contribution in [2.75, 3.05) is 11.9 Å². The summed E-state index contributed by atoms with van der Waals surface area (Å²) in [5.41, 5.74) is 4.25. The van der Waals surface area contributed by atoms with E-state index in [0.29, 0.717) is 11.7 Å². The molecule has 4 nitrogen and oxygen atoms in total. The second-order valence-electron chi connectivity index (χ2n) is 6.11. The summed E-state index contributed by atoms with van der Waals surface area (Å²) < 4.78 is 6.63. The first-order chi connectivity index (χ1) is 12.6. The van der Waals surface area contributed by atoms with Gasteiger partial charge in [-0.25, -0.2) is 4.98 Å². The number of ether oxygens (including phenoxy) is 1. The Labute approximate surface area is 157 Å². The summed E-state index contributed by atoms with van der Waals surface area (Å²) in [6.07, 6.45) is 4.28. The summed E-state index contributed by atoms with van der Waals surface area (Å²) in [5, 5.41) is 3.46. The lowest BCUT2D eigenvalue weighted by Gasteiger charge is -2.03. The van der Waals surface area contributed by atoms with Crippen LogP contribution in [0.2, 0.25) is 0 Å². The Balaban J connectivity index is 1.65. The van der Waals surface area contributed by atoms with Crippen LogP contribution in [-0.4, -0.2) is 17.5 Å². The molecule has 3 rings (SSSR count). The van der Waals surface area contributed by atoms with Crippen LogP contribution in [-0.2, 0) is 4.79 Å². The highest BCUT2D eigenvalue weighted by Gasteiger charge is 2.09. The van der Waals surface area contributed by atoms with Gasteiger partial charge in [-0.15, -0.1) is 0 Å². The van der Waals surface area contributed by atoms with Crippen LogP contribution >= 0.6 is 11.3 Å². The maximum Gasteiger partial charge on any atom is 0.250 e. The van der Waals surface area contributed by atoms with Gasteiger partial charge in [0.2, 0.25) is 5.91 Å². The van der Waals surface area contributed by atoms with Crippen LogP contribution in [0, 0.1) is 13.8 Å². The first-order valence-corrected chi connectivity index (χ1v) is 9.47. The normalized spacial score (nSPS) is 11.2. The van der Waals surface area contributed by atoms with Crippen LogP contribution in [0.4, 0.5) is 5.13 Å². The Hall–Kier alpha value is -2.66. The number of nitrogens with zero attached hydrogens (tertiary/aromatic N) is 1. The van der Waals surface area contributed by atoms with E-state index in [-0.39, 0.29) is 5.91 Å². The number of carbonyl (C=O) groups excluding carboxylic acids is 1. The monoisotopic (exact) mass is 366 g/mol. The van der Waals surface area contributed by atoms with Gasteiger partial charge in [0.15, 0.2) is 5.13 Å². The van der Waals surface area contributed by atoms with Gasteiger partial charge in [0.1, 0.15) is 5.75 Å². The Bertz CT molecular complexity index is 943. The van der Waals surface area contributed by atoms with Crippen molar-refractivity contribution in [2.45, 2.75) is 27.2 Å². The van der Waals surface area contributed by atoms with E-state index < -0.39 is 0 Å². The van der Waals surface area contributed by atoms with Gasteiger partial charge in [0.25, 0.3) is 0 Å². The van der Waals surface area contributed by atoms with E-state index >= 15 is 0 Å². The zero-order valence-electron chi connectivity index (χ0n) is 15.2. The van der Waals surface area contributed by atoms with Crippen molar-refractivity contribution in [3.63, 3.8) is 0 Å². The van der Waals surface area contributed by atoms with Crippen LogP contribution in [0.3, 0.4) is 0 Å². The molecule has 0 spiro atoms. The summed E-state index contributed by atoms with van der Waals surface area (Å²) in [7, 11) is 0. The zero-order valence-corrected chi connectivity index (χ0v) is 16.0. The van der Waals surface area contributed by atoms with E-state index in [9.17, 15) is 4.79 Å². The SMILES string of the molecule is CCCOc1ccc(/C=C/C(=O)Nc2nc3c(C)c(C)ccc3s2)cc1. The molecule has 0 aliphatic heterocycles. The van der Waals surface area contributed by atoms with E-state index in [4.69, 9.17) is 4.74 Å². The fourth-order valence-electron chi connectivity index (χ4n) is 2.49. The van der Waals surface area contributed by atoms with E-state index in [2.05, 4.69) is 37.1 Å². The number of aryl methyl sites for hydroxylation is 2. The summed E-state index contributed by atoms with van der Waals surface area (Å²) in [6, 6.07) is 11.8. The molecule has 5 heteroatoms. The number of amides is 1. The van der Waals surface area contributed by atoms with Crippen molar-refractivity contribution in [1.82, 2.24) is 4.98 Å². The van der Waals surface area contributed by atoms with E-state index in [1.54, 1.807) is 6.08 Å². The van der Waals surface area contributed by atoms with E-state index in [1.165, 1.54) is 23.0 Å². The summed E-state index contributed by atoms with van der Waals surface area (Å²) in [5.74, 6) is 0.651. The second-order valence-corrected chi connectivity index (χ2v) is 7.14. The zero-order chi connectivity index (χ0) is 18.5. The lowest BCUT2D eigenvalue weighted by atomic mass is 10.1. The first-order valence-electron chi connectivity index (χ1n) is 8.65. The van der Waals surface area contributed by atoms with Gasteiger partial charge in [-0.3, -0.25) is 10.1 Å². The largest absolute Gasteiger partial charge is 0.494 e. The number of fused-ring (bicyclic) bond motifs is 1. The summed E-state index contributed by atoms with van der Waals surface area (Å²) in [6.45, 7) is 6.90. The minimum atomic E-state index is -0.190. The molecule has 2 aromatic carbocycles. The predicted molar refractivity (Wildman–Crippen MR) is 109 cm³/mol. The average molecular weight is 366 g/mol. The number of aromatic nitrogens is 1. The summed E-state index contributed by atoms with van der Waals surface area (Å²) >= 11 is 1.49. The van der Waals surface area contributed by atoms with E-state index in [0.717, 1.165) is 33.5 Å².